The first kappa shape index (κ1) is 16.2. The lowest BCUT2D eigenvalue weighted by Crippen LogP contribution is -2.15. The minimum Gasteiger partial charge on any atom is -0.495 e. The van der Waals surface area contributed by atoms with Gasteiger partial charge < -0.3 is 9.84 Å². The lowest BCUT2D eigenvalue weighted by Gasteiger charge is -2.25. The molecule has 1 unspecified atom stereocenters. The van der Waals surface area contributed by atoms with Gasteiger partial charge in [0.1, 0.15) is 5.75 Å². The molecule has 1 saturated carbocycles. The molecule has 2 rings (SSSR count). The van der Waals surface area contributed by atoms with Gasteiger partial charge in [0.25, 0.3) is 0 Å². The van der Waals surface area contributed by atoms with Gasteiger partial charge in [0.05, 0.1) is 18.6 Å². The average molecular weight is 311 g/mol. The van der Waals surface area contributed by atoms with Crippen LogP contribution < -0.4 is 4.74 Å². The van der Waals surface area contributed by atoms with Crippen LogP contribution in [-0.2, 0) is 10.2 Å². The largest absolute Gasteiger partial charge is 0.495 e. The number of hydrogen-bond acceptors (Lipinski definition) is 2. The molecule has 1 aromatic carbocycles. The second-order valence-corrected chi connectivity index (χ2v) is 7.28. The Morgan fingerprint density at radius 2 is 2.05 bits per heavy atom. The fourth-order valence-corrected chi connectivity index (χ4v) is 3.06. The molecule has 1 aromatic rings. The molecule has 0 saturated heterocycles. The quantitative estimate of drug-likeness (QED) is 0.863. The Balaban J connectivity index is 2.52. The number of benzene rings is 1. The highest BCUT2D eigenvalue weighted by atomic mass is 35.5. The second-order valence-electron chi connectivity index (χ2n) is 6.87. The number of hydrogen-bond donors (Lipinski definition) is 1. The highest BCUT2D eigenvalue weighted by Crippen LogP contribution is 2.49. The third-order valence-corrected chi connectivity index (χ3v) is 4.41. The molecule has 0 aromatic heterocycles. The fraction of sp³-hybridized carbons (Fsp3) is 0.588. The van der Waals surface area contributed by atoms with E-state index in [2.05, 4.69) is 26.8 Å². The van der Waals surface area contributed by atoms with E-state index in [-0.39, 0.29) is 17.8 Å². The zero-order valence-electron chi connectivity index (χ0n) is 13.1. The van der Waals surface area contributed by atoms with Crippen LogP contribution in [0.3, 0.4) is 0 Å². The topological polar surface area (TPSA) is 46.5 Å². The van der Waals surface area contributed by atoms with Crippen molar-refractivity contribution in [3.05, 3.63) is 28.3 Å². The highest BCUT2D eigenvalue weighted by molar-refractivity contribution is 6.32. The Bertz CT molecular complexity index is 542. The first-order valence-corrected chi connectivity index (χ1v) is 7.71. The summed E-state index contributed by atoms with van der Waals surface area (Å²) in [5.74, 6) is 0.271. The molecular formula is C17H23ClO3. The molecule has 0 aliphatic heterocycles. The molecule has 1 aliphatic carbocycles. The monoisotopic (exact) mass is 310 g/mol. The van der Waals surface area contributed by atoms with Crippen molar-refractivity contribution in [3.63, 3.8) is 0 Å². The van der Waals surface area contributed by atoms with Gasteiger partial charge in [-0.2, -0.15) is 0 Å². The summed E-state index contributed by atoms with van der Waals surface area (Å²) >= 11 is 6.37. The summed E-state index contributed by atoms with van der Waals surface area (Å²) in [4.78, 5) is 11.2. The molecule has 0 radical (unpaired) electrons. The molecule has 4 heteroatoms. The van der Waals surface area contributed by atoms with Gasteiger partial charge in [-0.15, -0.1) is 0 Å². The molecule has 3 nitrogen and oxygen atoms in total. The third-order valence-electron chi connectivity index (χ3n) is 4.13. The molecule has 0 spiro atoms. The third kappa shape index (κ3) is 3.70. The number of methoxy groups -OCH3 is 1. The van der Waals surface area contributed by atoms with E-state index in [0.29, 0.717) is 16.7 Å². The summed E-state index contributed by atoms with van der Waals surface area (Å²) in [7, 11) is 1.59. The Kier molecular flexibility index (Phi) is 4.52. The molecule has 1 atom stereocenters. The van der Waals surface area contributed by atoms with Gasteiger partial charge in [0.2, 0.25) is 0 Å². The summed E-state index contributed by atoms with van der Waals surface area (Å²) in [5.41, 5.74) is 2.02. The first-order valence-electron chi connectivity index (χ1n) is 7.33. The molecule has 21 heavy (non-hydrogen) atoms. The van der Waals surface area contributed by atoms with Gasteiger partial charge in [-0.1, -0.05) is 38.4 Å². The molecule has 1 N–H and O–H groups in total. The van der Waals surface area contributed by atoms with Crippen LogP contribution in [0.25, 0.3) is 0 Å². The lowest BCUT2D eigenvalue weighted by atomic mass is 9.82. The number of rotatable bonds is 5. The van der Waals surface area contributed by atoms with Gasteiger partial charge in [-0.25, -0.2) is 0 Å². The lowest BCUT2D eigenvalue weighted by molar-refractivity contribution is -0.137. The Morgan fingerprint density at radius 3 is 2.48 bits per heavy atom. The van der Waals surface area contributed by atoms with E-state index in [1.54, 1.807) is 7.11 Å². The van der Waals surface area contributed by atoms with Crippen LogP contribution in [0.15, 0.2) is 12.1 Å². The van der Waals surface area contributed by atoms with Crippen molar-refractivity contribution in [1.82, 2.24) is 0 Å². The van der Waals surface area contributed by atoms with Crippen LogP contribution in [0.1, 0.15) is 57.1 Å². The maximum atomic E-state index is 11.2. The van der Waals surface area contributed by atoms with Crippen molar-refractivity contribution in [2.24, 2.45) is 5.92 Å². The standard InChI is InChI=1S/C17H23ClO3/c1-17(2,3)11-7-13(16(21-4)14(18)8-11)12(9-15(19)20)10-5-6-10/h7-8,10,12H,5-6,9H2,1-4H3,(H,19,20). The van der Waals surface area contributed by atoms with E-state index in [9.17, 15) is 9.90 Å². The van der Waals surface area contributed by atoms with Crippen molar-refractivity contribution in [2.45, 2.75) is 51.4 Å². The van der Waals surface area contributed by atoms with Gasteiger partial charge >= 0.3 is 5.97 Å². The summed E-state index contributed by atoms with van der Waals surface area (Å²) in [6.45, 7) is 6.37. The number of carboxylic acids is 1. The predicted molar refractivity (Wildman–Crippen MR) is 84.4 cm³/mol. The van der Waals surface area contributed by atoms with E-state index in [0.717, 1.165) is 24.0 Å². The van der Waals surface area contributed by atoms with Crippen molar-refractivity contribution >= 4 is 17.6 Å². The molecule has 116 valence electrons. The smallest absolute Gasteiger partial charge is 0.303 e. The van der Waals surface area contributed by atoms with Crippen LogP contribution in [0.4, 0.5) is 0 Å². The molecule has 0 amide bonds. The van der Waals surface area contributed by atoms with Gasteiger partial charge in [-0.3, -0.25) is 4.79 Å². The number of ether oxygens (including phenoxy) is 1. The average Bonchev–Trinajstić information content (AvgIpc) is 3.17. The first-order chi connectivity index (χ1) is 9.74. The molecule has 1 aliphatic rings. The van der Waals surface area contributed by atoms with Crippen LogP contribution in [-0.4, -0.2) is 18.2 Å². The SMILES string of the molecule is COc1c(Cl)cc(C(C)(C)C)cc1C(CC(=O)O)C1CC1. The maximum absolute atomic E-state index is 11.2. The van der Waals surface area contributed by atoms with E-state index in [1.165, 1.54) is 0 Å². The van der Waals surface area contributed by atoms with E-state index < -0.39 is 5.97 Å². The highest BCUT2D eigenvalue weighted by Gasteiger charge is 2.36. The number of carboxylic acid groups (broad SMARTS) is 1. The number of aliphatic carboxylic acids is 1. The van der Waals surface area contributed by atoms with E-state index in [4.69, 9.17) is 16.3 Å². The van der Waals surface area contributed by atoms with Crippen LogP contribution in [0, 0.1) is 5.92 Å². The van der Waals surface area contributed by atoms with Crippen molar-refractivity contribution in [1.29, 1.82) is 0 Å². The Hall–Kier alpha value is -1.22. The Morgan fingerprint density at radius 1 is 1.43 bits per heavy atom. The number of halogens is 1. The van der Waals surface area contributed by atoms with Crippen molar-refractivity contribution in [2.75, 3.05) is 7.11 Å². The van der Waals surface area contributed by atoms with Crippen molar-refractivity contribution < 1.29 is 14.6 Å². The fourth-order valence-electron chi connectivity index (χ4n) is 2.76. The normalized spacial score (nSPS) is 16.6. The summed E-state index contributed by atoms with van der Waals surface area (Å²) in [6.07, 6.45) is 2.29. The molecule has 1 fully saturated rings. The van der Waals surface area contributed by atoms with Gasteiger partial charge in [-0.05, 0) is 41.4 Å². The zero-order chi connectivity index (χ0) is 15.8. The minimum atomic E-state index is -0.772. The van der Waals surface area contributed by atoms with Crippen LogP contribution >= 0.6 is 11.6 Å². The predicted octanol–water partition coefficient (Wildman–Crippen LogP) is 4.61. The molecular weight excluding hydrogens is 288 g/mol. The van der Waals surface area contributed by atoms with E-state index >= 15 is 0 Å². The second kappa shape index (κ2) is 5.88. The van der Waals surface area contributed by atoms with E-state index in [1.807, 2.05) is 6.07 Å². The summed E-state index contributed by atoms with van der Waals surface area (Å²) in [5, 5.41) is 9.78. The summed E-state index contributed by atoms with van der Waals surface area (Å²) in [6, 6.07) is 4.01. The molecule has 0 heterocycles. The maximum Gasteiger partial charge on any atom is 0.303 e. The van der Waals surface area contributed by atoms with Crippen molar-refractivity contribution in [3.8, 4) is 5.75 Å². The van der Waals surface area contributed by atoms with Gasteiger partial charge in [0.15, 0.2) is 0 Å². The van der Waals surface area contributed by atoms with Crippen LogP contribution in [0.2, 0.25) is 5.02 Å². The molecule has 0 bridgehead atoms. The number of carbonyl (C=O) groups is 1. The summed E-state index contributed by atoms with van der Waals surface area (Å²) < 4.78 is 5.46. The Labute approximate surface area is 131 Å². The van der Waals surface area contributed by atoms with Crippen LogP contribution in [0.5, 0.6) is 5.75 Å². The zero-order valence-corrected chi connectivity index (χ0v) is 13.8. The minimum absolute atomic E-state index is 0.0164. The van der Waals surface area contributed by atoms with Gasteiger partial charge in [0, 0.05) is 5.92 Å².